The highest BCUT2D eigenvalue weighted by molar-refractivity contribution is 8.00. The summed E-state index contributed by atoms with van der Waals surface area (Å²) >= 11 is 15.0. The SMILES string of the molecule is Cc1cccn2c(C)c(C(O)=C3C(=O)C(=O)N(c4nnc(SCc5ccccc5Cl)s4)C3c3ccc(Cl)cc3)nc12. The number of imidazole rings is 1. The van der Waals surface area contributed by atoms with Crippen LogP contribution in [0.1, 0.15) is 34.1 Å². The van der Waals surface area contributed by atoms with E-state index in [0.717, 1.165) is 11.1 Å². The summed E-state index contributed by atoms with van der Waals surface area (Å²) in [5.41, 5.74) is 3.85. The maximum atomic E-state index is 13.6. The third kappa shape index (κ3) is 4.91. The Morgan fingerprint density at radius 3 is 2.51 bits per heavy atom. The van der Waals surface area contributed by atoms with Gasteiger partial charge >= 0.3 is 5.91 Å². The molecule has 1 fully saturated rings. The summed E-state index contributed by atoms with van der Waals surface area (Å²) < 4.78 is 2.44. The van der Waals surface area contributed by atoms with Crippen LogP contribution in [0.4, 0.5) is 5.13 Å². The molecule has 0 bridgehead atoms. The van der Waals surface area contributed by atoms with E-state index in [4.69, 9.17) is 23.2 Å². The monoisotopic (exact) mass is 621 g/mol. The lowest BCUT2D eigenvalue weighted by molar-refractivity contribution is -0.132. The molecule has 2 aromatic carbocycles. The number of aromatic nitrogens is 4. The van der Waals surface area contributed by atoms with Gasteiger partial charge in [0.2, 0.25) is 5.13 Å². The number of ketones is 1. The maximum Gasteiger partial charge on any atom is 0.301 e. The number of benzene rings is 2. The topological polar surface area (TPSA) is 101 Å². The van der Waals surface area contributed by atoms with Crippen LogP contribution in [0.15, 0.2) is 76.8 Å². The predicted molar refractivity (Wildman–Crippen MR) is 162 cm³/mol. The summed E-state index contributed by atoms with van der Waals surface area (Å²) in [7, 11) is 0. The predicted octanol–water partition coefficient (Wildman–Crippen LogP) is 7.03. The molecule has 6 rings (SSSR count). The Bertz CT molecular complexity index is 1870. The third-order valence-corrected chi connectivity index (χ3v) is 9.57. The van der Waals surface area contributed by atoms with Gasteiger partial charge in [-0.3, -0.25) is 14.5 Å². The number of hydrogen-bond acceptors (Lipinski definition) is 8. The molecular weight excluding hydrogens is 601 g/mol. The quantitative estimate of drug-likeness (QED) is 0.0714. The summed E-state index contributed by atoms with van der Waals surface area (Å²) in [5, 5.41) is 21.5. The minimum atomic E-state index is -0.966. The number of carbonyl (C=O) groups is 2. The first-order valence-electron chi connectivity index (χ1n) is 12.5. The van der Waals surface area contributed by atoms with Crippen molar-refractivity contribution in [2.45, 2.75) is 30.0 Å². The van der Waals surface area contributed by atoms with Gasteiger partial charge in [-0.2, -0.15) is 0 Å². The van der Waals surface area contributed by atoms with Crippen molar-refractivity contribution in [3.05, 3.63) is 111 Å². The number of aliphatic hydroxyl groups is 1. The highest BCUT2D eigenvalue weighted by Gasteiger charge is 2.48. The molecule has 1 unspecified atom stereocenters. The number of thioether (sulfide) groups is 1. The Morgan fingerprint density at radius 1 is 1.02 bits per heavy atom. The van der Waals surface area contributed by atoms with E-state index in [-0.39, 0.29) is 22.2 Å². The van der Waals surface area contributed by atoms with Crippen molar-refractivity contribution in [1.82, 2.24) is 19.6 Å². The number of Topliss-reactive ketones (excluding diaryl/α,β-unsaturated/α-hetero) is 1. The second-order valence-corrected chi connectivity index (χ2v) is 12.4. The standard InChI is InChI=1S/C29H21Cl2N5O3S2/c1-15-6-5-13-35-16(2)22(32-26(15)35)24(37)21-23(17-9-11-19(30)12-10-17)36(27(39)25(21)38)28-33-34-29(41-28)40-14-18-7-3-4-8-20(18)31/h3-13,23,37H,14H2,1-2H3. The maximum absolute atomic E-state index is 13.6. The number of fused-ring (bicyclic) bond motifs is 1. The number of halogens is 2. The molecule has 1 N–H and O–H groups in total. The van der Waals surface area contributed by atoms with Crippen molar-refractivity contribution >= 4 is 74.5 Å². The number of aryl methyl sites for hydroxylation is 2. The summed E-state index contributed by atoms with van der Waals surface area (Å²) in [4.78, 5) is 33.0. The van der Waals surface area contributed by atoms with E-state index in [0.29, 0.717) is 37.0 Å². The minimum Gasteiger partial charge on any atom is -0.505 e. The minimum absolute atomic E-state index is 0.0815. The largest absolute Gasteiger partial charge is 0.505 e. The number of amides is 1. The molecule has 0 spiro atoms. The van der Waals surface area contributed by atoms with Gasteiger partial charge in [-0.05, 0) is 54.8 Å². The van der Waals surface area contributed by atoms with E-state index in [2.05, 4.69) is 15.2 Å². The number of hydrogen-bond donors (Lipinski definition) is 1. The Labute approximate surface area is 253 Å². The molecule has 3 aromatic heterocycles. The van der Waals surface area contributed by atoms with Gasteiger partial charge in [-0.15, -0.1) is 10.2 Å². The van der Waals surface area contributed by atoms with Gasteiger partial charge in [0, 0.05) is 22.0 Å². The number of aliphatic hydroxyl groups excluding tert-OH is 1. The Balaban J connectivity index is 1.44. The number of carbonyl (C=O) groups excluding carboxylic acids is 2. The molecule has 0 radical (unpaired) electrons. The van der Waals surface area contributed by atoms with Crippen molar-refractivity contribution in [3.8, 4) is 0 Å². The van der Waals surface area contributed by atoms with Gasteiger partial charge in [-0.25, -0.2) is 4.98 Å². The summed E-state index contributed by atoms with van der Waals surface area (Å²) in [6, 6.07) is 17.1. The molecule has 5 aromatic rings. The van der Waals surface area contributed by atoms with Crippen LogP contribution in [0, 0.1) is 13.8 Å². The van der Waals surface area contributed by atoms with Crippen molar-refractivity contribution in [1.29, 1.82) is 0 Å². The smallest absolute Gasteiger partial charge is 0.301 e. The summed E-state index contributed by atoms with van der Waals surface area (Å²) in [6.45, 7) is 3.71. The molecular formula is C29H21Cl2N5O3S2. The first-order chi connectivity index (χ1) is 19.7. The van der Waals surface area contributed by atoms with E-state index >= 15 is 0 Å². The Hall–Kier alpha value is -3.70. The van der Waals surface area contributed by atoms with E-state index in [1.54, 1.807) is 31.2 Å². The van der Waals surface area contributed by atoms with Crippen molar-refractivity contribution in [3.63, 3.8) is 0 Å². The average molecular weight is 623 g/mol. The van der Waals surface area contributed by atoms with Crippen LogP contribution in [-0.4, -0.2) is 36.4 Å². The van der Waals surface area contributed by atoms with Gasteiger partial charge in [-0.1, -0.05) is 82.7 Å². The lowest BCUT2D eigenvalue weighted by Crippen LogP contribution is -2.29. The first-order valence-corrected chi connectivity index (χ1v) is 15.0. The van der Waals surface area contributed by atoms with Crippen LogP contribution in [-0.2, 0) is 15.3 Å². The average Bonchev–Trinajstić information content (AvgIpc) is 3.64. The molecule has 0 aliphatic carbocycles. The Morgan fingerprint density at radius 2 is 1.78 bits per heavy atom. The fourth-order valence-corrected chi connectivity index (χ4v) is 7.06. The molecule has 0 saturated carbocycles. The van der Waals surface area contributed by atoms with Crippen molar-refractivity contribution in [2.75, 3.05) is 4.90 Å². The zero-order valence-corrected chi connectivity index (χ0v) is 24.9. The fourth-order valence-electron chi connectivity index (χ4n) is 4.78. The van der Waals surface area contributed by atoms with Crippen molar-refractivity contribution in [2.24, 2.45) is 0 Å². The van der Waals surface area contributed by atoms with Gasteiger partial charge in [0.15, 0.2) is 10.1 Å². The normalized spacial score (nSPS) is 16.7. The summed E-state index contributed by atoms with van der Waals surface area (Å²) in [5.74, 6) is -1.46. The number of anilines is 1. The molecule has 41 heavy (non-hydrogen) atoms. The molecule has 206 valence electrons. The molecule has 1 aliphatic rings. The second kappa shape index (κ2) is 10.9. The zero-order chi connectivity index (χ0) is 28.8. The van der Waals surface area contributed by atoms with Crippen molar-refractivity contribution < 1.29 is 14.7 Å². The van der Waals surface area contributed by atoms with Crippen LogP contribution in [0.5, 0.6) is 0 Å². The highest BCUT2D eigenvalue weighted by atomic mass is 35.5. The second-order valence-electron chi connectivity index (χ2n) is 9.38. The van der Waals surface area contributed by atoms with Crippen LogP contribution in [0.25, 0.3) is 11.4 Å². The highest BCUT2D eigenvalue weighted by Crippen LogP contribution is 2.44. The van der Waals surface area contributed by atoms with Gasteiger partial charge in [0.25, 0.3) is 5.78 Å². The fraction of sp³-hybridized carbons (Fsp3) is 0.138. The lowest BCUT2D eigenvalue weighted by Gasteiger charge is -2.22. The molecule has 1 aliphatic heterocycles. The van der Waals surface area contributed by atoms with Gasteiger partial charge < -0.3 is 9.51 Å². The number of rotatable bonds is 6. The first kappa shape index (κ1) is 27.5. The third-order valence-electron chi connectivity index (χ3n) is 6.85. The molecule has 12 heteroatoms. The molecule has 8 nitrogen and oxygen atoms in total. The van der Waals surface area contributed by atoms with E-state index in [1.807, 2.05) is 53.9 Å². The van der Waals surface area contributed by atoms with E-state index in [9.17, 15) is 14.7 Å². The van der Waals surface area contributed by atoms with Crippen LogP contribution >= 0.6 is 46.3 Å². The molecule has 1 amide bonds. The Kier molecular flexibility index (Phi) is 7.33. The van der Waals surface area contributed by atoms with Gasteiger partial charge in [0.05, 0.1) is 17.3 Å². The molecule has 4 heterocycles. The van der Waals surface area contributed by atoms with E-state index < -0.39 is 17.7 Å². The number of nitrogens with zero attached hydrogens (tertiary/aromatic N) is 5. The zero-order valence-electron chi connectivity index (χ0n) is 21.7. The van der Waals surface area contributed by atoms with Crippen LogP contribution in [0.3, 0.4) is 0 Å². The number of pyridine rings is 1. The molecule has 1 atom stereocenters. The lowest BCUT2D eigenvalue weighted by atomic mass is 9.96. The molecule has 1 saturated heterocycles. The van der Waals surface area contributed by atoms with Gasteiger partial charge in [0.1, 0.15) is 11.3 Å². The summed E-state index contributed by atoms with van der Waals surface area (Å²) in [6.07, 6.45) is 1.83. The van der Waals surface area contributed by atoms with E-state index in [1.165, 1.54) is 28.0 Å². The van der Waals surface area contributed by atoms with Crippen LogP contribution < -0.4 is 4.90 Å². The van der Waals surface area contributed by atoms with Crippen LogP contribution in [0.2, 0.25) is 10.0 Å².